The Bertz CT molecular complexity index is 492. The van der Waals surface area contributed by atoms with Crippen LogP contribution < -0.4 is 5.32 Å². The molecule has 108 valence electrons. The van der Waals surface area contributed by atoms with Crippen LogP contribution in [-0.2, 0) is 19.1 Å². The number of hydrogen-bond acceptors (Lipinski definition) is 4. The van der Waals surface area contributed by atoms with E-state index in [1.54, 1.807) is 0 Å². The number of amides is 1. The molecule has 1 amide bonds. The number of ketones is 2. The number of rotatable bonds is 6. The second kappa shape index (κ2) is 6.13. The molecule has 0 aromatic rings. The fourth-order valence-electron chi connectivity index (χ4n) is 2.12. The molecule has 1 unspecified atom stereocenters. The van der Waals surface area contributed by atoms with Gasteiger partial charge in [0, 0.05) is 6.08 Å². The van der Waals surface area contributed by atoms with E-state index < -0.39 is 12.2 Å². The smallest absolute Gasteiger partial charge is 0.248 e. The lowest BCUT2D eigenvalue weighted by Crippen LogP contribution is -2.33. The third-order valence-electron chi connectivity index (χ3n) is 3.43. The number of unbranched alkanes of at least 4 members (excludes halogenated alkanes) is 1. The summed E-state index contributed by atoms with van der Waals surface area (Å²) in [7, 11) is 0. The number of hydrogen-bond donors (Lipinski definition) is 1. The first-order valence-electron chi connectivity index (χ1n) is 6.97. The van der Waals surface area contributed by atoms with Crippen molar-refractivity contribution in [2.75, 3.05) is 0 Å². The largest absolute Gasteiger partial charge is 0.352 e. The predicted octanol–water partition coefficient (Wildman–Crippen LogP) is 1.29. The first-order valence-corrected chi connectivity index (χ1v) is 6.97. The summed E-state index contributed by atoms with van der Waals surface area (Å²) in [5.41, 5.74) is 0.0320. The summed E-state index contributed by atoms with van der Waals surface area (Å²) in [6.45, 7) is 4.16. The zero-order valence-electron chi connectivity index (χ0n) is 11.7. The third-order valence-corrected chi connectivity index (χ3v) is 3.43. The predicted molar refractivity (Wildman–Crippen MR) is 72.7 cm³/mol. The summed E-state index contributed by atoms with van der Waals surface area (Å²) < 4.78 is 4.94. The standard InChI is InChI=1S/C15H19NO4/c1-3-4-5-9(2)6-7-12(18)16-10-8-11(17)14-15(20-14)13(10)19/h6-9,14-15H,3-5H2,1-2H3,(H,16,18)/b7-6+/t9?,14-,15+/m0/s1. The van der Waals surface area contributed by atoms with E-state index in [4.69, 9.17) is 4.74 Å². The summed E-state index contributed by atoms with van der Waals surface area (Å²) in [4.78, 5) is 34.9. The fourth-order valence-corrected chi connectivity index (χ4v) is 2.12. The summed E-state index contributed by atoms with van der Waals surface area (Å²) in [5, 5.41) is 2.45. The topological polar surface area (TPSA) is 75.8 Å². The Morgan fingerprint density at radius 1 is 1.45 bits per heavy atom. The molecule has 2 aliphatic rings. The maximum Gasteiger partial charge on any atom is 0.248 e. The molecule has 1 aliphatic heterocycles. The van der Waals surface area contributed by atoms with Gasteiger partial charge in [0.05, 0.1) is 5.70 Å². The average Bonchev–Trinajstić information content (AvgIpc) is 3.21. The van der Waals surface area contributed by atoms with E-state index in [0.29, 0.717) is 5.92 Å². The van der Waals surface area contributed by atoms with E-state index in [1.165, 1.54) is 6.08 Å². The molecule has 0 spiro atoms. The average molecular weight is 277 g/mol. The van der Waals surface area contributed by atoms with Crippen LogP contribution in [0, 0.1) is 5.92 Å². The van der Waals surface area contributed by atoms with Gasteiger partial charge in [-0.15, -0.1) is 0 Å². The van der Waals surface area contributed by atoms with E-state index in [0.717, 1.165) is 25.3 Å². The van der Waals surface area contributed by atoms with E-state index in [2.05, 4.69) is 12.2 Å². The minimum atomic E-state index is -0.685. The van der Waals surface area contributed by atoms with Crippen LogP contribution in [0.1, 0.15) is 33.1 Å². The normalized spacial score (nSPS) is 26.2. The highest BCUT2D eigenvalue weighted by atomic mass is 16.6. The van der Waals surface area contributed by atoms with Crippen LogP contribution in [0.5, 0.6) is 0 Å². The Balaban J connectivity index is 1.87. The maximum atomic E-state index is 11.7. The van der Waals surface area contributed by atoms with Crippen LogP contribution in [0.3, 0.4) is 0 Å². The molecule has 1 N–H and O–H groups in total. The fraction of sp³-hybridized carbons (Fsp3) is 0.533. The van der Waals surface area contributed by atoms with Gasteiger partial charge in [-0.3, -0.25) is 14.4 Å². The van der Waals surface area contributed by atoms with Crippen LogP contribution >= 0.6 is 0 Å². The SMILES string of the molecule is CCCCC(C)/C=C/C(=O)NC1=CC(=O)[C@@H]2O[C@@H]2C1=O. The van der Waals surface area contributed by atoms with Crippen molar-refractivity contribution in [3.05, 3.63) is 23.9 Å². The van der Waals surface area contributed by atoms with Gasteiger partial charge in [0.2, 0.25) is 11.7 Å². The molecule has 20 heavy (non-hydrogen) atoms. The van der Waals surface area contributed by atoms with Crippen LogP contribution in [0.4, 0.5) is 0 Å². The van der Waals surface area contributed by atoms with Crippen LogP contribution in [0.2, 0.25) is 0 Å². The van der Waals surface area contributed by atoms with Crippen molar-refractivity contribution in [2.45, 2.75) is 45.3 Å². The van der Waals surface area contributed by atoms with Gasteiger partial charge in [-0.25, -0.2) is 0 Å². The van der Waals surface area contributed by atoms with Gasteiger partial charge < -0.3 is 10.1 Å². The van der Waals surface area contributed by atoms with Gasteiger partial charge in [-0.1, -0.05) is 32.8 Å². The van der Waals surface area contributed by atoms with Gasteiger partial charge in [0.15, 0.2) is 18.0 Å². The van der Waals surface area contributed by atoms with Crippen molar-refractivity contribution >= 4 is 17.5 Å². The summed E-state index contributed by atoms with van der Waals surface area (Å²) in [5.74, 6) is -0.657. The number of ether oxygens (including phenoxy) is 1. The molecule has 5 heteroatoms. The zero-order chi connectivity index (χ0) is 14.7. The Morgan fingerprint density at radius 2 is 2.20 bits per heavy atom. The second-order valence-corrected chi connectivity index (χ2v) is 5.27. The van der Waals surface area contributed by atoms with Crippen molar-refractivity contribution in [1.82, 2.24) is 5.32 Å². The van der Waals surface area contributed by atoms with E-state index in [-0.39, 0.29) is 23.2 Å². The first-order chi connectivity index (χ1) is 9.52. The number of carbonyl (C=O) groups is 3. The lowest BCUT2D eigenvalue weighted by Gasteiger charge is -2.08. The Morgan fingerprint density at radius 3 is 2.90 bits per heavy atom. The highest BCUT2D eigenvalue weighted by Crippen LogP contribution is 2.30. The Labute approximate surface area is 118 Å². The molecule has 1 fully saturated rings. The number of fused-ring (bicyclic) bond motifs is 1. The number of carbonyl (C=O) groups excluding carboxylic acids is 3. The van der Waals surface area contributed by atoms with Crippen molar-refractivity contribution in [1.29, 1.82) is 0 Å². The third kappa shape index (κ3) is 3.42. The van der Waals surface area contributed by atoms with Crippen LogP contribution in [0.15, 0.2) is 23.9 Å². The van der Waals surface area contributed by atoms with E-state index in [1.807, 2.05) is 13.0 Å². The van der Waals surface area contributed by atoms with E-state index in [9.17, 15) is 14.4 Å². The summed E-state index contributed by atoms with van der Waals surface area (Å²) in [6.07, 6.45) is 6.35. The van der Waals surface area contributed by atoms with Crippen LogP contribution in [-0.4, -0.2) is 29.7 Å². The summed E-state index contributed by atoms with van der Waals surface area (Å²) >= 11 is 0. The lowest BCUT2D eigenvalue weighted by atomic mass is 10.0. The Hall–Kier alpha value is -1.75. The first kappa shape index (κ1) is 14.7. The molecule has 2 rings (SSSR count). The maximum absolute atomic E-state index is 11.7. The molecule has 0 radical (unpaired) electrons. The van der Waals surface area contributed by atoms with Gasteiger partial charge in [-0.05, 0) is 18.4 Å². The van der Waals surface area contributed by atoms with Crippen molar-refractivity contribution < 1.29 is 19.1 Å². The lowest BCUT2D eigenvalue weighted by molar-refractivity contribution is -0.122. The molecule has 0 bridgehead atoms. The number of allylic oxidation sites excluding steroid dienone is 1. The minimum absolute atomic E-state index is 0.0320. The number of nitrogens with one attached hydrogen (secondary N) is 1. The zero-order valence-corrected chi connectivity index (χ0v) is 11.7. The second-order valence-electron chi connectivity index (χ2n) is 5.27. The molecule has 0 saturated carbocycles. The molecule has 1 heterocycles. The quantitative estimate of drug-likeness (QED) is 0.586. The number of epoxide rings is 1. The monoisotopic (exact) mass is 277 g/mol. The van der Waals surface area contributed by atoms with Gasteiger partial charge in [0.1, 0.15) is 0 Å². The van der Waals surface area contributed by atoms with Crippen molar-refractivity contribution in [3.8, 4) is 0 Å². The van der Waals surface area contributed by atoms with Crippen molar-refractivity contribution in [3.63, 3.8) is 0 Å². The highest BCUT2D eigenvalue weighted by Gasteiger charge is 2.53. The molecule has 0 aromatic heterocycles. The van der Waals surface area contributed by atoms with Crippen LogP contribution in [0.25, 0.3) is 0 Å². The molecule has 3 atom stereocenters. The van der Waals surface area contributed by atoms with Crippen molar-refractivity contribution in [2.24, 2.45) is 5.92 Å². The van der Waals surface area contributed by atoms with Gasteiger partial charge in [-0.2, -0.15) is 0 Å². The molecule has 1 aliphatic carbocycles. The molecule has 5 nitrogen and oxygen atoms in total. The molecular weight excluding hydrogens is 258 g/mol. The Kier molecular flexibility index (Phi) is 4.49. The molecular formula is C15H19NO4. The molecule has 0 aromatic carbocycles. The minimum Gasteiger partial charge on any atom is -0.352 e. The highest BCUT2D eigenvalue weighted by molar-refractivity contribution is 6.17. The van der Waals surface area contributed by atoms with E-state index >= 15 is 0 Å². The summed E-state index contributed by atoms with van der Waals surface area (Å²) in [6, 6.07) is 0. The number of Topliss-reactive ketones (excluding diaryl/α,β-unsaturated/α-hetero) is 1. The van der Waals surface area contributed by atoms with Gasteiger partial charge >= 0.3 is 0 Å². The molecule has 1 saturated heterocycles. The van der Waals surface area contributed by atoms with Gasteiger partial charge in [0.25, 0.3) is 0 Å².